The Hall–Kier alpha value is -0.990. The van der Waals surface area contributed by atoms with Gasteiger partial charge in [0.2, 0.25) is 0 Å². The Morgan fingerprint density at radius 2 is 2.50 bits per heavy atom. The average Bonchev–Trinajstić information content (AvgIpc) is 2.37. The summed E-state index contributed by atoms with van der Waals surface area (Å²) in [5, 5.41) is 1.64. The van der Waals surface area contributed by atoms with E-state index < -0.39 is 17.5 Å². The third-order valence-corrected chi connectivity index (χ3v) is 1.65. The second kappa shape index (κ2) is 4.14. The van der Waals surface area contributed by atoms with E-state index in [0.29, 0.717) is 0 Å². The van der Waals surface area contributed by atoms with Crippen LogP contribution in [-0.4, -0.2) is 19.9 Å². The molecular weight excluding hydrogens is 206 g/mol. The van der Waals surface area contributed by atoms with E-state index in [1.165, 1.54) is 6.20 Å². The number of aromatic nitrogens is 1. The lowest BCUT2D eigenvalue weighted by Gasteiger charge is -1.95. The highest BCUT2D eigenvalue weighted by Gasteiger charge is 2.10. The third kappa shape index (κ3) is 2.95. The van der Waals surface area contributed by atoms with Gasteiger partial charge in [-0.15, -0.1) is 0 Å². The molecule has 12 heavy (non-hydrogen) atoms. The van der Waals surface area contributed by atoms with Crippen molar-refractivity contribution in [3.05, 3.63) is 11.6 Å². The Morgan fingerprint density at radius 1 is 1.75 bits per heavy atom. The first-order valence-corrected chi connectivity index (χ1v) is 4.50. The van der Waals surface area contributed by atoms with E-state index in [0.717, 1.165) is 11.3 Å². The van der Waals surface area contributed by atoms with Crippen LogP contribution < -0.4 is 4.74 Å². The molecule has 0 saturated heterocycles. The van der Waals surface area contributed by atoms with E-state index in [1.807, 2.05) is 0 Å². The van der Waals surface area contributed by atoms with Crippen molar-refractivity contribution < 1.29 is 22.5 Å². The minimum atomic E-state index is -2.65. The summed E-state index contributed by atoms with van der Waals surface area (Å²) in [7, 11) is 0. The number of hydrogen-bond acceptors (Lipinski definition) is 6. The topological polar surface area (TPSA) is 85.7 Å². The smallest absolute Gasteiger partial charge is 0.365 e. The Bertz CT molecular complexity index is 284. The van der Waals surface area contributed by atoms with Crippen LogP contribution in [0.3, 0.4) is 0 Å². The molecule has 0 amide bonds. The van der Waals surface area contributed by atoms with E-state index in [2.05, 4.69) is 13.9 Å². The zero-order valence-corrected chi connectivity index (χ0v) is 7.13. The number of carbonyl (C=O) groups is 1. The highest BCUT2D eigenvalue weighted by Crippen LogP contribution is 2.13. The number of carbonyl (C=O) groups excluding carboxylic acids is 1. The largest absolute Gasteiger partial charge is 0.531 e. The van der Waals surface area contributed by atoms with Crippen LogP contribution in [0.15, 0.2) is 11.6 Å². The third-order valence-electron chi connectivity index (χ3n) is 0.720. The summed E-state index contributed by atoms with van der Waals surface area (Å²) in [6.45, 7) is 0. The molecule has 0 fully saturated rings. The van der Waals surface area contributed by atoms with Crippen LogP contribution in [0.4, 0.5) is 4.79 Å². The van der Waals surface area contributed by atoms with Gasteiger partial charge in [0, 0.05) is 11.6 Å². The van der Waals surface area contributed by atoms with E-state index in [-0.39, 0.29) is 5.19 Å². The van der Waals surface area contributed by atoms with Crippen molar-refractivity contribution in [2.45, 2.75) is 0 Å². The first-order valence-electron chi connectivity index (χ1n) is 2.59. The second-order valence-electron chi connectivity index (χ2n) is 1.45. The van der Waals surface area contributed by atoms with Crippen LogP contribution in [0.2, 0.25) is 0 Å². The van der Waals surface area contributed by atoms with Crippen molar-refractivity contribution in [2.75, 3.05) is 0 Å². The fourth-order valence-corrected chi connectivity index (χ4v) is 1.03. The predicted molar refractivity (Wildman–Crippen MR) is 40.0 cm³/mol. The molecule has 0 saturated carbocycles. The van der Waals surface area contributed by atoms with Gasteiger partial charge in [-0.1, -0.05) is 11.3 Å². The van der Waals surface area contributed by atoms with Crippen molar-refractivity contribution in [1.29, 1.82) is 0 Å². The normalized spacial score (nSPS) is 12.1. The molecule has 0 aliphatic rings. The molecule has 0 bridgehead atoms. The summed E-state index contributed by atoms with van der Waals surface area (Å²) in [6.07, 6.45) is 0.161. The Labute approximate surface area is 73.6 Å². The summed E-state index contributed by atoms with van der Waals surface area (Å²) < 4.78 is 26.1. The van der Waals surface area contributed by atoms with Crippen molar-refractivity contribution in [2.24, 2.45) is 0 Å². The van der Waals surface area contributed by atoms with Crippen LogP contribution in [0.5, 0.6) is 5.19 Å². The number of thiazole rings is 1. The fourth-order valence-electron chi connectivity index (χ4n) is 0.407. The predicted octanol–water partition coefficient (Wildman–Crippen LogP) is 0.795. The van der Waals surface area contributed by atoms with Crippen LogP contribution in [0.1, 0.15) is 0 Å². The van der Waals surface area contributed by atoms with Crippen molar-refractivity contribution in [3.8, 4) is 5.19 Å². The van der Waals surface area contributed by atoms with E-state index in [4.69, 9.17) is 4.55 Å². The molecule has 8 heteroatoms. The van der Waals surface area contributed by atoms with E-state index in [9.17, 15) is 9.00 Å². The molecule has 66 valence electrons. The molecule has 0 spiro atoms. The lowest BCUT2D eigenvalue weighted by Crippen LogP contribution is -2.11. The van der Waals surface area contributed by atoms with Crippen molar-refractivity contribution in [1.82, 2.24) is 4.98 Å². The summed E-state index contributed by atoms with van der Waals surface area (Å²) in [5.74, 6) is 0. The molecule has 1 aromatic rings. The summed E-state index contributed by atoms with van der Waals surface area (Å²) in [6, 6.07) is 0. The quantitative estimate of drug-likeness (QED) is 0.572. The Morgan fingerprint density at radius 3 is 3.00 bits per heavy atom. The molecule has 6 nitrogen and oxygen atoms in total. The maximum absolute atomic E-state index is 10.5. The van der Waals surface area contributed by atoms with Gasteiger partial charge < -0.3 is 8.92 Å². The molecule has 0 aliphatic carbocycles. The lowest BCUT2D eigenvalue weighted by molar-refractivity contribution is 0.153. The SMILES string of the molecule is O=C(Oc1nccs1)OS(=O)O. The van der Waals surface area contributed by atoms with Gasteiger partial charge in [-0.2, -0.15) is 4.21 Å². The average molecular weight is 209 g/mol. The Kier molecular flexibility index (Phi) is 3.14. The molecule has 1 N–H and O–H groups in total. The molecule has 1 atom stereocenters. The zero-order valence-electron chi connectivity index (χ0n) is 5.50. The van der Waals surface area contributed by atoms with Gasteiger partial charge in [-0.25, -0.2) is 9.78 Å². The molecule has 0 radical (unpaired) electrons. The minimum Gasteiger partial charge on any atom is -0.365 e. The fraction of sp³-hybridized carbons (Fsp3) is 0. The number of rotatable bonds is 2. The zero-order chi connectivity index (χ0) is 8.97. The molecule has 1 aromatic heterocycles. The first kappa shape index (κ1) is 9.10. The van der Waals surface area contributed by atoms with Crippen LogP contribution in [0, 0.1) is 0 Å². The molecule has 1 unspecified atom stereocenters. The van der Waals surface area contributed by atoms with Crippen LogP contribution in [-0.2, 0) is 15.5 Å². The minimum absolute atomic E-state index is 0.0606. The van der Waals surface area contributed by atoms with Gasteiger partial charge in [0.25, 0.3) is 5.19 Å². The number of hydrogen-bond donors (Lipinski definition) is 1. The second-order valence-corrected chi connectivity index (χ2v) is 2.91. The van der Waals surface area contributed by atoms with Gasteiger partial charge >= 0.3 is 17.5 Å². The van der Waals surface area contributed by atoms with Crippen molar-refractivity contribution >= 4 is 28.9 Å². The number of nitrogens with zero attached hydrogens (tertiary/aromatic N) is 1. The molecule has 0 aliphatic heterocycles. The van der Waals surface area contributed by atoms with Crippen LogP contribution in [0.25, 0.3) is 0 Å². The van der Waals surface area contributed by atoms with Gasteiger partial charge in [0.1, 0.15) is 0 Å². The maximum atomic E-state index is 10.5. The Balaban J connectivity index is 2.42. The standard InChI is InChI=1S/C4H3NO5S2/c6-4(10-12(7)8)9-3-5-1-2-11-3/h1-2H,(H,7,8). The van der Waals surface area contributed by atoms with Gasteiger partial charge in [0.05, 0.1) is 0 Å². The highest BCUT2D eigenvalue weighted by atomic mass is 32.2. The van der Waals surface area contributed by atoms with Gasteiger partial charge in [0.15, 0.2) is 0 Å². The molecule has 1 heterocycles. The summed E-state index contributed by atoms with van der Waals surface area (Å²) >= 11 is -1.59. The molecular formula is C4H3NO5S2. The number of ether oxygens (including phenoxy) is 1. The lowest BCUT2D eigenvalue weighted by atomic mass is 11.0. The van der Waals surface area contributed by atoms with E-state index >= 15 is 0 Å². The van der Waals surface area contributed by atoms with Crippen LogP contribution >= 0.6 is 11.3 Å². The van der Waals surface area contributed by atoms with Crippen molar-refractivity contribution in [3.63, 3.8) is 0 Å². The summed E-state index contributed by atoms with van der Waals surface area (Å²) in [4.78, 5) is 14.1. The highest BCUT2D eigenvalue weighted by molar-refractivity contribution is 7.74. The van der Waals surface area contributed by atoms with Gasteiger partial charge in [-0.05, 0) is 0 Å². The monoisotopic (exact) mass is 209 g/mol. The van der Waals surface area contributed by atoms with Gasteiger partial charge in [-0.3, -0.25) is 4.55 Å². The van der Waals surface area contributed by atoms with E-state index in [1.54, 1.807) is 5.38 Å². The first-order chi connectivity index (χ1) is 5.68. The molecule has 1 rings (SSSR count). The summed E-state index contributed by atoms with van der Waals surface area (Å²) in [5.41, 5.74) is 0. The molecule has 0 aromatic carbocycles. The maximum Gasteiger partial charge on any atom is 0.531 e.